The first kappa shape index (κ1) is 20.9. The fourth-order valence-corrected chi connectivity index (χ4v) is 4.23. The van der Waals surface area contributed by atoms with E-state index in [2.05, 4.69) is 10.7 Å². The Bertz CT molecular complexity index is 941. The number of hydrogen-bond acceptors (Lipinski definition) is 5. The molecule has 1 aliphatic heterocycles. The second-order valence-corrected chi connectivity index (χ2v) is 7.79. The van der Waals surface area contributed by atoms with Crippen molar-refractivity contribution in [3.63, 3.8) is 0 Å². The third-order valence-electron chi connectivity index (χ3n) is 5.71. The number of carbonyl (C=O) groups excluding carboxylic acids is 2. The molecule has 1 heterocycles. The van der Waals surface area contributed by atoms with E-state index >= 15 is 0 Å². The number of hydrogen-bond donors (Lipinski definition) is 3. The largest absolute Gasteiger partial charge is 0.481 e. The van der Waals surface area contributed by atoms with E-state index in [1.165, 1.54) is 0 Å². The molecule has 162 valence electrons. The fourth-order valence-electron chi connectivity index (χ4n) is 4.23. The Kier molecular flexibility index (Phi) is 6.18. The summed E-state index contributed by atoms with van der Waals surface area (Å²) >= 11 is 0. The average molecular weight is 423 g/mol. The van der Waals surface area contributed by atoms with Crippen molar-refractivity contribution < 1.29 is 24.2 Å². The molecule has 31 heavy (non-hydrogen) atoms. The summed E-state index contributed by atoms with van der Waals surface area (Å²) in [5, 5.41) is 13.3. The van der Waals surface area contributed by atoms with Crippen LogP contribution in [-0.4, -0.2) is 53.8 Å². The summed E-state index contributed by atoms with van der Waals surface area (Å²) in [4.78, 5) is 36.1. The lowest BCUT2D eigenvalue weighted by atomic mass is 9.98. The lowest BCUT2D eigenvalue weighted by Crippen LogP contribution is -2.52. The van der Waals surface area contributed by atoms with Gasteiger partial charge in [0.15, 0.2) is 0 Å². The van der Waals surface area contributed by atoms with Gasteiger partial charge in [0.25, 0.3) is 5.91 Å². The summed E-state index contributed by atoms with van der Waals surface area (Å²) in [6.45, 7) is 1.50. The number of alkyl carbamates (subject to hydrolysis) is 1. The van der Waals surface area contributed by atoms with Gasteiger partial charge in [0.2, 0.25) is 0 Å². The Morgan fingerprint density at radius 3 is 2.16 bits per heavy atom. The Hall–Kier alpha value is -3.39. The monoisotopic (exact) mass is 423 g/mol. The van der Waals surface area contributed by atoms with Crippen molar-refractivity contribution in [1.29, 1.82) is 0 Å². The zero-order valence-electron chi connectivity index (χ0n) is 17.0. The molecule has 2 aromatic carbocycles. The zero-order chi connectivity index (χ0) is 21.8. The summed E-state index contributed by atoms with van der Waals surface area (Å²) in [6, 6.07) is 14.7. The van der Waals surface area contributed by atoms with Crippen molar-refractivity contribution in [1.82, 2.24) is 15.8 Å². The van der Waals surface area contributed by atoms with Crippen molar-refractivity contribution in [2.75, 3.05) is 19.7 Å². The van der Waals surface area contributed by atoms with E-state index in [0.29, 0.717) is 13.1 Å². The number of nitrogens with one attached hydrogen (secondary N) is 2. The van der Waals surface area contributed by atoms with Gasteiger partial charge in [0.1, 0.15) is 12.6 Å². The van der Waals surface area contributed by atoms with Gasteiger partial charge in [-0.15, -0.1) is 0 Å². The van der Waals surface area contributed by atoms with Gasteiger partial charge in [-0.3, -0.25) is 15.0 Å². The second kappa shape index (κ2) is 9.18. The normalized spacial score (nSPS) is 16.3. The highest BCUT2D eigenvalue weighted by Crippen LogP contribution is 2.44. The molecule has 8 nitrogen and oxygen atoms in total. The standard InChI is InChI=1S/C23H25N3O5/c27-21(28)13-20(22(29)25-26-11-5-6-12-26)24-23(30)31-14-19-17-9-3-1-7-15(17)16-8-2-4-10-18(16)19/h1-4,7-10,19-20H,5-6,11-14H2,(H,24,30)(H,25,29)(H,27,28). The smallest absolute Gasteiger partial charge is 0.407 e. The summed E-state index contributed by atoms with van der Waals surface area (Å²) < 4.78 is 5.44. The predicted molar refractivity (Wildman–Crippen MR) is 113 cm³/mol. The molecule has 1 atom stereocenters. The lowest BCUT2D eigenvalue weighted by Gasteiger charge is -2.22. The van der Waals surface area contributed by atoms with E-state index in [1.807, 2.05) is 48.5 Å². The van der Waals surface area contributed by atoms with Crippen LogP contribution in [-0.2, 0) is 14.3 Å². The van der Waals surface area contributed by atoms with Gasteiger partial charge in [-0.2, -0.15) is 0 Å². The predicted octanol–water partition coefficient (Wildman–Crippen LogP) is 2.50. The van der Waals surface area contributed by atoms with Gasteiger partial charge >= 0.3 is 12.1 Å². The number of rotatable bonds is 7. The molecule has 2 amide bonds. The molecule has 1 aliphatic carbocycles. The summed E-state index contributed by atoms with van der Waals surface area (Å²) in [5.74, 6) is -1.85. The number of ether oxygens (including phenoxy) is 1. The highest BCUT2D eigenvalue weighted by Gasteiger charge is 2.30. The molecule has 4 rings (SSSR count). The summed E-state index contributed by atoms with van der Waals surface area (Å²) in [6.07, 6.45) is 0.585. The van der Waals surface area contributed by atoms with Crippen LogP contribution in [0.1, 0.15) is 36.3 Å². The molecule has 2 aliphatic rings. The number of carboxylic acids is 1. The van der Waals surface area contributed by atoms with Crippen LogP contribution in [0, 0.1) is 0 Å². The molecular formula is C23H25N3O5. The van der Waals surface area contributed by atoms with E-state index in [4.69, 9.17) is 9.84 Å². The minimum absolute atomic E-state index is 0.0907. The molecule has 1 fully saturated rings. The summed E-state index contributed by atoms with van der Waals surface area (Å²) in [5.41, 5.74) is 7.05. The van der Waals surface area contributed by atoms with Crippen LogP contribution in [0.3, 0.4) is 0 Å². The van der Waals surface area contributed by atoms with E-state index in [0.717, 1.165) is 35.1 Å². The first-order chi connectivity index (χ1) is 15.0. The topological polar surface area (TPSA) is 108 Å². The fraction of sp³-hybridized carbons (Fsp3) is 0.348. The van der Waals surface area contributed by atoms with Crippen molar-refractivity contribution in [3.8, 4) is 11.1 Å². The maximum Gasteiger partial charge on any atom is 0.407 e. The second-order valence-electron chi connectivity index (χ2n) is 7.79. The van der Waals surface area contributed by atoms with Crippen molar-refractivity contribution in [3.05, 3.63) is 59.7 Å². The quantitative estimate of drug-likeness (QED) is 0.632. The van der Waals surface area contributed by atoms with Crippen molar-refractivity contribution >= 4 is 18.0 Å². The maximum absolute atomic E-state index is 12.5. The Morgan fingerprint density at radius 2 is 1.58 bits per heavy atom. The van der Waals surface area contributed by atoms with Gasteiger partial charge in [-0.1, -0.05) is 48.5 Å². The third kappa shape index (κ3) is 4.69. The number of benzene rings is 2. The number of nitrogens with zero attached hydrogens (tertiary/aromatic N) is 1. The number of amides is 2. The van der Waals surface area contributed by atoms with Crippen LogP contribution in [0.2, 0.25) is 0 Å². The third-order valence-corrected chi connectivity index (χ3v) is 5.71. The molecule has 0 aromatic heterocycles. The van der Waals surface area contributed by atoms with Crippen LogP contribution >= 0.6 is 0 Å². The minimum atomic E-state index is -1.21. The number of hydrazine groups is 1. The molecular weight excluding hydrogens is 398 g/mol. The molecule has 2 aromatic rings. The zero-order valence-corrected chi connectivity index (χ0v) is 17.0. The van der Waals surface area contributed by atoms with E-state index < -0.39 is 30.4 Å². The highest BCUT2D eigenvalue weighted by atomic mass is 16.5. The molecule has 8 heteroatoms. The van der Waals surface area contributed by atoms with Gasteiger partial charge in [-0.25, -0.2) is 9.80 Å². The first-order valence-corrected chi connectivity index (χ1v) is 10.4. The Balaban J connectivity index is 1.40. The van der Waals surface area contributed by atoms with E-state index in [1.54, 1.807) is 5.01 Å². The molecule has 1 unspecified atom stereocenters. The van der Waals surface area contributed by atoms with Gasteiger partial charge in [-0.05, 0) is 35.1 Å². The van der Waals surface area contributed by atoms with Gasteiger partial charge in [0, 0.05) is 19.0 Å². The molecule has 0 spiro atoms. The molecule has 1 saturated heterocycles. The molecule has 0 radical (unpaired) electrons. The first-order valence-electron chi connectivity index (χ1n) is 10.4. The van der Waals surface area contributed by atoms with Crippen LogP contribution in [0.4, 0.5) is 4.79 Å². The summed E-state index contributed by atoms with van der Waals surface area (Å²) in [7, 11) is 0. The molecule has 0 bridgehead atoms. The van der Waals surface area contributed by atoms with E-state index in [-0.39, 0.29) is 12.5 Å². The average Bonchev–Trinajstić information content (AvgIpc) is 3.37. The van der Waals surface area contributed by atoms with Gasteiger partial charge < -0.3 is 15.2 Å². The van der Waals surface area contributed by atoms with Crippen LogP contribution in [0.15, 0.2) is 48.5 Å². The lowest BCUT2D eigenvalue weighted by molar-refractivity contribution is -0.140. The number of aliphatic carboxylic acids is 1. The van der Waals surface area contributed by atoms with Crippen LogP contribution in [0.5, 0.6) is 0 Å². The molecule has 3 N–H and O–H groups in total. The number of carbonyl (C=O) groups is 3. The minimum Gasteiger partial charge on any atom is -0.481 e. The number of fused-ring (bicyclic) bond motifs is 3. The SMILES string of the molecule is O=C(O)CC(NC(=O)OCC1c2ccccc2-c2ccccc21)C(=O)NN1CCCC1. The molecule has 0 saturated carbocycles. The van der Waals surface area contributed by atoms with Gasteiger partial charge in [0.05, 0.1) is 6.42 Å². The van der Waals surface area contributed by atoms with Crippen molar-refractivity contribution in [2.45, 2.75) is 31.2 Å². The van der Waals surface area contributed by atoms with Crippen LogP contribution in [0.25, 0.3) is 11.1 Å². The Morgan fingerprint density at radius 1 is 1.00 bits per heavy atom. The Labute approximate surface area is 180 Å². The van der Waals surface area contributed by atoms with Crippen molar-refractivity contribution in [2.24, 2.45) is 0 Å². The maximum atomic E-state index is 12.5. The number of carboxylic acid groups (broad SMARTS) is 1. The van der Waals surface area contributed by atoms with Crippen LogP contribution < -0.4 is 10.7 Å². The highest BCUT2D eigenvalue weighted by molar-refractivity contribution is 5.89. The van der Waals surface area contributed by atoms with E-state index in [9.17, 15) is 14.4 Å².